The number of aromatic amines is 1. The molecular weight excluding hydrogens is 394 g/mol. The molecule has 0 saturated carbocycles. The molecular formula is C20H16ClN5OS. The summed E-state index contributed by atoms with van der Waals surface area (Å²) in [5, 5.41) is 10.5. The summed E-state index contributed by atoms with van der Waals surface area (Å²) >= 11 is 7.38. The summed E-state index contributed by atoms with van der Waals surface area (Å²) in [6.45, 7) is 0.747. The highest BCUT2D eigenvalue weighted by Crippen LogP contribution is 2.29. The zero-order chi connectivity index (χ0) is 19.1. The first-order valence-corrected chi connectivity index (χ1v) is 10.4. The Labute approximate surface area is 170 Å². The van der Waals surface area contributed by atoms with Crippen LogP contribution in [0.2, 0.25) is 5.02 Å². The van der Waals surface area contributed by atoms with Gasteiger partial charge in [-0.25, -0.2) is 4.98 Å². The molecule has 3 heterocycles. The fourth-order valence-corrected chi connectivity index (χ4v) is 4.42. The summed E-state index contributed by atoms with van der Waals surface area (Å²) in [5.74, 6) is 0.331. The van der Waals surface area contributed by atoms with E-state index in [2.05, 4.69) is 26.2 Å². The predicted octanol–water partition coefficient (Wildman–Crippen LogP) is 4.23. The van der Waals surface area contributed by atoms with Crippen molar-refractivity contribution in [3.63, 3.8) is 0 Å². The van der Waals surface area contributed by atoms with Gasteiger partial charge in [0.25, 0.3) is 0 Å². The molecule has 0 atom stereocenters. The number of H-pyrrole nitrogens is 1. The number of thioether (sulfide) groups is 1. The second-order valence-corrected chi connectivity index (χ2v) is 8.05. The van der Waals surface area contributed by atoms with Crippen LogP contribution in [0, 0.1) is 0 Å². The van der Waals surface area contributed by atoms with E-state index in [-0.39, 0.29) is 11.7 Å². The van der Waals surface area contributed by atoms with Crippen LogP contribution in [0.4, 0.5) is 5.69 Å². The highest BCUT2D eigenvalue weighted by Gasteiger charge is 2.22. The van der Waals surface area contributed by atoms with Crippen LogP contribution in [0.5, 0.6) is 0 Å². The lowest BCUT2D eigenvalue weighted by atomic mass is 10.0. The van der Waals surface area contributed by atoms with Gasteiger partial charge in [-0.05, 0) is 42.7 Å². The Morgan fingerprint density at radius 1 is 1.21 bits per heavy atom. The Morgan fingerprint density at radius 2 is 2.11 bits per heavy atom. The molecule has 140 valence electrons. The first-order valence-electron chi connectivity index (χ1n) is 9.02. The number of nitrogens with zero attached hydrogens (tertiary/aromatic N) is 4. The Hall–Kier alpha value is -2.64. The summed E-state index contributed by atoms with van der Waals surface area (Å²) in [6, 6.07) is 13.6. The van der Waals surface area contributed by atoms with Crippen molar-refractivity contribution in [2.24, 2.45) is 0 Å². The zero-order valence-electron chi connectivity index (χ0n) is 14.9. The number of hydrogen-bond acceptors (Lipinski definition) is 5. The first kappa shape index (κ1) is 17.5. The molecule has 0 fully saturated rings. The number of aryl methyl sites for hydroxylation is 1. The normalized spacial score (nSPS) is 13.8. The summed E-state index contributed by atoms with van der Waals surface area (Å²) in [5.41, 5.74) is 4.47. The molecule has 2 aromatic heterocycles. The van der Waals surface area contributed by atoms with Gasteiger partial charge in [0.15, 0.2) is 5.65 Å². The van der Waals surface area contributed by atoms with Crippen molar-refractivity contribution in [3.8, 4) is 0 Å². The first-order chi connectivity index (χ1) is 13.7. The van der Waals surface area contributed by atoms with Crippen LogP contribution in [0.25, 0.3) is 22.1 Å². The largest absolute Gasteiger partial charge is 0.338 e. The van der Waals surface area contributed by atoms with E-state index >= 15 is 0 Å². The molecule has 5 rings (SSSR count). The number of carbonyl (C=O) groups is 1. The van der Waals surface area contributed by atoms with Gasteiger partial charge >= 0.3 is 0 Å². The van der Waals surface area contributed by atoms with E-state index in [1.54, 1.807) is 0 Å². The lowest BCUT2D eigenvalue weighted by molar-refractivity contribution is -0.116. The van der Waals surface area contributed by atoms with Crippen LogP contribution in [0.1, 0.15) is 12.0 Å². The minimum atomic E-state index is 0.0595. The molecule has 4 aromatic rings. The summed E-state index contributed by atoms with van der Waals surface area (Å²) in [4.78, 5) is 22.4. The Kier molecular flexibility index (Phi) is 4.41. The Balaban J connectivity index is 1.36. The van der Waals surface area contributed by atoms with E-state index in [0.29, 0.717) is 21.3 Å². The number of nitrogens with one attached hydrogen (secondary N) is 1. The van der Waals surface area contributed by atoms with E-state index in [0.717, 1.165) is 36.0 Å². The average Bonchev–Trinajstić information content (AvgIpc) is 3.08. The van der Waals surface area contributed by atoms with Crippen molar-refractivity contribution in [3.05, 3.63) is 53.1 Å². The highest BCUT2D eigenvalue weighted by molar-refractivity contribution is 7.99. The lowest BCUT2D eigenvalue weighted by Gasteiger charge is -2.29. The fourth-order valence-electron chi connectivity index (χ4n) is 3.59. The van der Waals surface area contributed by atoms with Crippen molar-refractivity contribution in [1.82, 2.24) is 20.2 Å². The van der Waals surface area contributed by atoms with Gasteiger partial charge in [-0.1, -0.05) is 41.6 Å². The number of para-hydroxylation sites is 1. The van der Waals surface area contributed by atoms with Gasteiger partial charge in [-0.15, -0.1) is 10.2 Å². The number of hydrogen-bond donors (Lipinski definition) is 1. The summed E-state index contributed by atoms with van der Waals surface area (Å²) in [7, 11) is 0. The molecule has 6 nitrogen and oxygen atoms in total. The molecule has 1 aliphatic rings. The van der Waals surface area contributed by atoms with Gasteiger partial charge < -0.3 is 9.88 Å². The number of fused-ring (bicyclic) bond motifs is 4. The van der Waals surface area contributed by atoms with Gasteiger partial charge in [0.1, 0.15) is 5.52 Å². The van der Waals surface area contributed by atoms with Crippen LogP contribution in [0.15, 0.2) is 47.6 Å². The number of anilines is 1. The van der Waals surface area contributed by atoms with E-state index in [9.17, 15) is 4.79 Å². The van der Waals surface area contributed by atoms with Gasteiger partial charge in [0, 0.05) is 28.2 Å². The number of rotatable bonds is 3. The third kappa shape index (κ3) is 3.10. The third-order valence-electron chi connectivity index (χ3n) is 4.89. The number of amides is 1. The SMILES string of the molecule is O=C(CSc1nnc2c(n1)[nH]c1ccc(Cl)cc12)N1CCCc2ccccc21. The minimum Gasteiger partial charge on any atom is -0.338 e. The molecule has 0 aliphatic carbocycles. The molecule has 2 aromatic carbocycles. The molecule has 0 unspecified atom stereocenters. The smallest absolute Gasteiger partial charge is 0.237 e. The van der Waals surface area contributed by atoms with Gasteiger partial charge in [0.2, 0.25) is 11.1 Å². The zero-order valence-corrected chi connectivity index (χ0v) is 16.4. The number of carbonyl (C=O) groups excluding carboxylic acids is 1. The van der Waals surface area contributed by atoms with Gasteiger partial charge in [-0.2, -0.15) is 0 Å². The average molecular weight is 410 g/mol. The highest BCUT2D eigenvalue weighted by atomic mass is 35.5. The minimum absolute atomic E-state index is 0.0595. The van der Waals surface area contributed by atoms with Crippen LogP contribution < -0.4 is 4.90 Å². The molecule has 0 saturated heterocycles. The van der Waals surface area contributed by atoms with Gasteiger partial charge in [0.05, 0.1) is 5.75 Å². The number of benzene rings is 2. The number of aromatic nitrogens is 4. The molecule has 1 aliphatic heterocycles. The van der Waals surface area contributed by atoms with Crippen LogP contribution in [-0.2, 0) is 11.2 Å². The van der Waals surface area contributed by atoms with E-state index in [1.807, 2.05) is 41.3 Å². The van der Waals surface area contributed by atoms with Crippen molar-refractivity contribution < 1.29 is 4.79 Å². The quantitative estimate of drug-likeness (QED) is 0.512. The van der Waals surface area contributed by atoms with Crippen molar-refractivity contribution in [2.75, 3.05) is 17.2 Å². The Bertz CT molecular complexity index is 1210. The molecule has 0 radical (unpaired) electrons. The maximum Gasteiger partial charge on any atom is 0.237 e. The molecule has 28 heavy (non-hydrogen) atoms. The lowest BCUT2D eigenvalue weighted by Crippen LogP contribution is -2.36. The Morgan fingerprint density at radius 3 is 3.04 bits per heavy atom. The van der Waals surface area contributed by atoms with Crippen molar-refractivity contribution >= 4 is 57.0 Å². The monoisotopic (exact) mass is 409 g/mol. The maximum atomic E-state index is 12.8. The van der Waals surface area contributed by atoms with E-state index in [1.165, 1.54) is 17.3 Å². The van der Waals surface area contributed by atoms with Crippen molar-refractivity contribution in [2.45, 2.75) is 18.0 Å². The molecule has 1 amide bonds. The second-order valence-electron chi connectivity index (χ2n) is 6.67. The molecule has 8 heteroatoms. The summed E-state index contributed by atoms with van der Waals surface area (Å²) < 4.78 is 0. The maximum absolute atomic E-state index is 12.8. The predicted molar refractivity (Wildman–Crippen MR) is 112 cm³/mol. The number of halogens is 1. The fraction of sp³-hybridized carbons (Fsp3) is 0.200. The van der Waals surface area contributed by atoms with Crippen molar-refractivity contribution in [1.29, 1.82) is 0 Å². The topological polar surface area (TPSA) is 74.8 Å². The second kappa shape index (κ2) is 7.07. The molecule has 0 bridgehead atoms. The van der Waals surface area contributed by atoms with Crippen LogP contribution in [0.3, 0.4) is 0 Å². The standard InChI is InChI=1S/C20H16ClN5OS/c21-13-7-8-15-14(10-13)18-19(22-15)23-20(25-24-18)28-11-17(27)26-9-3-5-12-4-1-2-6-16(12)26/h1-2,4,6-8,10H,3,5,9,11H2,(H,22,23,25). The molecule has 0 spiro atoms. The van der Waals surface area contributed by atoms with Gasteiger partial charge in [-0.3, -0.25) is 4.79 Å². The van der Waals surface area contributed by atoms with Crippen LogP contribution >= 0.6 is 23.4 Å². The van der Waals surface area contributed by atoms with E-state index < -0.39 is 0 Å². The summed E-state index contributed by atoms with van der Waals surface area (Å²) in [6.07, 6.45) is 2.00. The molecule has 1 N–H and O–H groups in total. The third-order valence-corrected chi connectivity index (χ3v) is 5.95. The van der Waals surface area contributed by atoms with Crippen LogP contribution in [-0.4, -0.2) is 38.4 Å². The van der Waals surface area contributed by atoms with E-state index in [4.69, 9.17) is 11.6 Å².